The van der Waals surface area contributed by atoms with Crippen molar-refractivity contribution in [1.82, 2.24) is 15.1 Å². The molecule has 184 valence electrons. The predicted octanol–water partition coefficient (Wildman–Crippen LogP) is 8.03. The lowest BCUT2D eigenvalue weighted by atomic mass is 10.0. The van der Waals surface area contributed by atoms with Crippen molar-refractivity contribution in [2.24, 2.45) is 0 Å². The largest absolute Gasteiger partial charge is 0.344 e. The third-order valence-electron chi connectivity index (χ3n) is 6.91. The number of piperidine rings is 1. The summed E-state index contributed by atoms with van der Waals surface area (Å²) in [5.41, 5.74) is 0.0237. The summed E-state index contributed by atoms with van der Waals surface area (Å²) in [6.07, 6.45) is 29.5. The summed E-state index contributed by atoms with van der Waals surface area (Å²) in [6, 6.07) is 0.691. The van der Waals surface area contributed by atoms with Crippen LogP contribution >= 0.6 is 24.0 Å². The Hall–Kier alpha value is -0.120. The van der Waals surface area contributed by atoms with Gasteiger partial charge in [0.1, 0.15) is 0 Å². The average Bonchev–Trinajstić information content (AvgIpc) is 3.12. The third-order valence-corrected chi connectivity index (χ3v) is 7.42. The molecule has 2 rings (SSSR count). The van der Waals surface area contributed by atoms with Crippen molar-refractivity contribution < 1.29 is 0 Å². The van der Waals surface area contributed by atoms with Gasteiger partial charge in [-0.1, -0.05) is 108 Å². The van der Waals surface area contributed by atoms with Crippen LogP contribution in [0.5, 0.6) is 0 Å². The van der Waals surface area contributed by atoms with Crippen LogP contribution < -0.4 is 5.32 Å². The highest BCUT2D eigenvalue weighted by Crippen LogP contribution is 2.22. The lowest BCUT2D eigenvalue weighted by Gasteiger charge is -2.30. The molecular weight excluding hydrogens is 425 g/mol. The van der Waals surface area contributed by atoms with Crippen LogP contribution in [0.4, 0.5) is 0 Å². The summed E-state index contributed by atoms with van der Waals surface area (Å²) >= 11 is 6.69. The Labute approximate surface area is 205 Å². The molecule has 0 spiro atoms. The zero-order chi connectivity index (χ0) is 21.3. The Kier molecular flexibility index (Phi) is 18.1. The molecule has 1 saturated heterocycles. The van der Waals surface area contributed by atoms with Gasteiger partial charge in [-0.15, -0.1) is 12.4 Å². The Morgan fingerprint density at radius 3 is 1.77 bits per heavy atom. The summed E-state index contributed by atoms with van der Waals surface area (Å²) in [5, 5.41) is 3.64. The number of nitrogens with one attached hydrogen (secondary N) is 1. The minimum Gasteiger partial charge on any atom is -0.344 e. The number of nitrogens with zero attached hydrogens (tertiary/aromatic N) is 2. The van der Waals surface area contributed by atoms with Crippen LogP contribution in [0.2, 0.25) is 0 Å². The number of unbranched alkanes of at least 4 members (excludes halogenated alkanes) is 13. The maximum atomic E-state index is 6.69. The molecule has 0 aromatic carbocycles. The van der Waals surface area contributed by atoms with Gasteiger partial charge in [-0.25, -0.2) is 0 Å². The lowest BCUT2D eigenvalue weighted by molar-refractivity contribution is 0.211. The maximum absolute atomic E-state index is 6.69. The molecule has 1 fully saturated rings. The van der Waals surface area contributed by atoms with E-state index < -0.39 is 0 Å². The van der Waals surface area contributed by atoms with Crippen LogP contribution in [0, 0.1) is 0 Å². The topological polar surface area (TPSA) is 18.5 Å². The molecule has 2 atom stereocenters. The van der Waals surface area contributed by atoms with Crippen molar-refractivity contribution in [3.63, 3.8) is 0 Å². The summed E-state index contributed by atoms with van der Waals surface area (Å²) in [5.74, 6) is 0. The van der Waals surface area contributed by atoms with Gasteiger partial charge >= 0.3 is 0 Å². The molecule has 0 amide bonds. The van der Waals surface area contributed by atoms with Crippen LogP contribution in [-0.4, -0.2) is 41.1 Å². The fraction of sp³-hybridized carbons (Fsp3) is 0.923. The molecule has 0 aliphatic carbocycles. The van der Waals surface area contributed by atoms with E-state index in [1.165, 1.54) is 122 Å². The van der Waals surface area contributed by atoms with Gasteiger partial charge in [0.15, 0.2) is 5.62 Å². The van der Waals surface area contributed by atoms with E-state index in [-0.39, 0.29) is 18.0 Å². The minimum absolute atomic E-state index is 0. The second kappa shape index (κ2) is 19.4. The first-order valence-electron chi connectivity index (χ1n) is 13.4. The first-order chi connectivity index (χ1) is 14.8. The first-order valence-corrected chi connectivity index (χ1v) is 13.8. The first kappa shape index (κ1) is 28.9. The van der Waals surface area contributed by atoms with Crippen molar-refractivity contribution in [2.75, 3.05) is 19.6 Å². The van der Waals surface area contributed by atoms with Gasteiger partial charge in [-0.2, -0.15) is 0 Å². The molecule has 2 heterocycles. The quantitative estimate of drug-likeness (QED) is 0.123. The molecule has 2 aliphatic rings. The average molecular weight is 477 g/mol. The van der Waals surface area contributed by atoms with Crippen molar-refractivity contribution in [3.05, 3.63) is 12.4 Å². The third kappa shape index (κ3) is 13.2. The van der Waals surface area contributed by atoms with E-state index in [4.69, 9.17) is 11.6 Å². The zero-order valence-corrected chi connectivity index (χ0v) is 21.9. The number of alkyl halides is 1. The molecular formula is C26H51Cl2N3. The predicted molar refractivity (Wildman–Crippen MR) is 140 cm³/mol. The normalized spacial score (nSPS) is 21.0. The van der Waals surface area contributed by atoms with Crippen molar-refractivity contribution >= 4 is 24.0 Å². The van der Waals surface area contributed by atoms with Gasteiger partial charge < -0.3 is 15.1 Å². The van der Waals surface area contributed by atoms with Gasteiger partial charge in [-0.05, 0) is 32.2 Å². The lowest BCUT2D eigenvalue weighted by Crippen LogP contribution is -2.39. The smallest absolute Gasteiger partial charge is 0.179 e. The molecule has 0 saturated carbocycles. The second-order valence-corrected chi connectivity index (χ2v) is 10.0. The van der Waals surface area contributed by atoms with Crippen molar-refractivity contribution in [3.8, 4) is 0 Å². The fourth-order valence-corrected chi connectivity index (χ4v) is 5.16. The highest BCUT2D eigenvalue weighted by Gasteiger charge is 2.24. The van der Waals surface area contributed by atoms with Crippen LogP contribution in [-0.2, 0) is 0 Å². The van der Waals surface area contributed by atoms with E-state index in [9.17, 15) is 0 Å². The Morgan fingerprint density at radius 1 is 0.742 bits per heavy atom. The summed E-state index contributed by atoms with van der Waals surface area (Å²) in [6.45, 7) is 5.65. The molecule has 2 unspecified atom stereocenters. The van der Waals surface area contributed by atoms with E-state index >= 15 is 0 Å². The Morgan fingerprint density at radius 2 is 1.26 bits per heavy atom. The molecule has 3 nitrogen and oxygen atoms in total. The van der Waals surface area contributed by atoms with Gasteiger partial charge in [0, 0.05) is 31.5 Å². The van der Waals surface area contributed by atoms with E-state index in [1.807, 2.05) is 0 Å². The molecule has 1 N–H and O–H groups in total. The van der Waals surface area contributed by atoms with Gasteiger partial charge in [-0.3, -0.25) is 0 Å². The van der Waals surface area contributed by atoms with Crippen LogP contribution in [0.15, 0.2) is 12.4 Å². The summed E-state index contributed by atoms with van der Waals surface area (Å²) in [4.78, 5) is 4.62. The SMILES string of the molecule is CCCCCCCCCCCCCCCCN1C=CN(CCC2CCCCN2)C1Cl.Cl. The Balaban J connectivity index is 0.00000480. The molecule has 0 aromatic rings. The number of hydrogen-bond acceptors (Lipinski definition) is 3. The summed E-state index contributed by atoms with van der Waals surface area (Å²) in [7, 11) is 0. The molecule has 2 aliphatic heterocycles. The van der Waals surface area contributed by atoms with Crippen molar-refractivity contribution in [2.45, 2.75) is 134 Å². The van der Waals surface area contributed by atoms with E-state index in [0.29, 0.717) is 6.04 Å². The van der Waals surface area contributed by atoms with E-state index in [1.54, 1.807) is 0 Å². The highest BCUT2D eigenvalue weighted by atomic mass is 35.5. The molecule has 0 bridgehead atoms. The van der Waals surface area contributed by atoms with Crippen LogP contribution in [0.1, 0.15) is 122 Å². The maximum Gasteiger partial charge on any atom is 0.179 e. The number of rotatable bonds is 18. The van der Waals surface area contributed by atoms with Crippen LogP contribution in [0.3, 0.4) is 0 Å². The van der Waals surface area contributed by atoms with Gasteiger partial charge in [0.05, 0.1) is 0 Å². The molecule has 5 heteroatoms. The second-order valence-electron chi connectivity index (χ2n) is 9.62. The van der Waals surface area contributed by atoms with E-state index in [0.717, 1.165) is 13.1 Å². The molecule has 0 aromatic heterocycles. The zero-order valence-electron chi connectivity index (χ0n) is 20.3. The van der Waals surface area contributed by atoms with Gasteiger partial charge in [0.2, 0.25) is 0 Å². The number of hydrogen-bond donors (Lipinski definition) is 1. The standard InChI is InChI=1S/C26H50ClN3.ClH/c1-2-3-4-5-6-7-8-9-10-11-12-13-14-17-21-29-23-24-30(26(29)27)22-19-25-18-15-16-20-28-25;/h23-26,28H,2-22H2,1H3;1H. The number of halogens is 2. The minimum atomic E-state index is 0. The van der Waals surface area contributed by atoms with Crippen LogP contribution in [0.25, 0.3) is 0 Å². The highest BCUT2D eigenvalue weighted by molar-refractivity contribution is 6.20. The summed E-state index contributed by atoms with van der Waals surface area (Å²) < 4.78 is 0. The van der Waals surface area contributed by atoms with E-state index in [2.05, 4.69) is 34.4 Å². The Bertz CT molecular complexity index is 427. The molecule has 31 heavy (non-hydrogen) atoms. The fourth-order valence-electron chi connectivity index (χ4n) is 4.83. The van der Waals surface area contributed by atoms with Crippen molar-refractivity contribution in [1.29, 1.82) is 0 Å². The monoisotopic (exact) mass is 475 g/mol. The van der Waals surface area contributed by atoms with Gasteiger partial charge in [0.25, 0.3) is 0 Å². The molecule has 0 radical (unpaired) electrons.